The van der Waals surface area contributed by atoms with E-state index in [9.17, 15) is 5.26 Å². The number of ether oxygens (including phenoxy) is 2. The third-order valence-electron chi connectivity index (χ3n) is 4.29. The molecule has 0 N–H and O–H groups in total. The SMILES string of the molecule is COc1ccc(Cl)cc1CC1(C#N)CC2CCC1O2. The van der Waals surface area contributed by atoms with Crippen LogP contribution in [0.25, 0.3) is 0 Å². The maximum atomic E-state index is 9.63. The van der Waals surface area contributed by atoms with Crippen LogP contribution in [0, 0.1) is 16.7 Å². The van der Waals surface area contributed by atoms with Crippen LogP contribution in [0.15, 0.2) is 18.2 Å². The van der Waals surface area contributed by atoms with Crippen LogP contribution in [-0.2, 0) is 11.2 Å². The number of nitriles is 1. The summed E-state index contributed by atoms with van der Waals surface area (Å²) in [7, 11) is 1.64. The Morgan fingerprint density at radius 3 is 2.95 bits per heavy atom. The van der Waals surface area contributed by atoms with E-state index in [-0.39, 0.29) is 12.2 Å². The fraction of sp³-hybridized carbons (Fsp3) is 0.533. The number of nitrogens with zero attached hydrogens (tertiary/aromatic N) is 1. The van der Waals surface area contributed by atoms with Gasteiger partial charge in [-0.25, -0.2) is 0 Å². The van der Waals surface area contributed by atoms with E-state index < -0.39 is 5.41 Å². The van der Waals surface area contributed by atoms with Crippen molar-refractivity contribution in [3.63, 3.8) is 0 Å². The molecule has 1 aromatic carbocycles. The highest BCUT2D eigenvalue weighted by Gasteiger charge is 2.53. The van der Waals surface area contributed by atoms with Crippen LogP contribution in [0.1, 0.15) is 24.8 Å². The Bertz CT molecular complexity index is 539. The first-order valence-corrected chi connectivity index (χ1v) is 6.94. The molecule has 0 radical (unpaired) electrons. The zero-order valence-corrected chi connectivity index (χ0v) is 11.6. The van der Waals surface area contributed by atoms with E-state index in [0.29, 0.717) is 11.4 Å². The molecule has 0 aromatic heterocycles. The highest BCUT2D eigenvalue weighted by molar-refractivity contribution is 6.30. The highest BCUT2D eigenvalue weighted by atomic mass is 35.5. The van der Waals surface area contributed by atoms with Crippen molar-refractivity contribution < 1.29 is 9.47 Å². The summed E-state index contributed by atoms with van der Waals surface area (Å²) in [5.74, 6) is 0.793. The molecule has 3 rings (SSSR count). The largest absolute Gasteiger partial charge is 0.496 e. The van der Waals surface area contributed by atoms with E-state index in [1.807, 2.05) is 12.1 Å². The van der Waals surface area contributed by atoms with Gasteiger partial charge in [-0.2, -0.15) is 5.26 Å². The average Bonchev–Trinajstić information content (AvgIpc) is 3.00. The van der Waals surface area contributed by atoms with Crippen LogP contribution >= 0.6 is 11.6 Å². The maximum Gasteiger partial charge on any atom is 0.122 e. The minimum atomic E-state index is -0.416. The lowest BCUT2D eigenvalue weighted by atomic mass is 9.71. The van der Waals surface area contributed by atoms with Gasteiger partial charge in [0.1, 0.15) is 5.75 Å². The average molecular weight is 278 g/mol. The van der Waals surface area contributed by atoms with Gasteiger partial charge in [0, 0.05) is 5.02 Å². The summed E-state index contributed by atoms with van der Waals surface area (Å²) >= 11 is 6.06. The molecular weight excluding hydrogens is 262 g/mol. The van der Waals surface area contributed by atoms with Gasteiger partial charge in [-0.3, -0.25) is 0 Å². The summed E-state index contributed by atoms with van der Waals surface area (Å²) in [4.78, 5) is 0. The van der Waals surface area contributed by atoms with Crippen molar-refractivity contribution in [1.82, 2.24) is 0 Å². The number of hydrogen-bond acceptors (Lipinski definition) is 3. The number of fused-ring (bicyclic) bond motifs is 2. The van der Waals surface area contributed by atoms with Gasteiger partial charge < -0.3 is 9.47 Å². The van der Waals surface area contributed by atoms with E-state index in [1.165, 1.54) is 0 Å². The number of methoxy groups -OCH3 is 1. The topological polar surface area (TPSA) is 42.2 Å². The van der Waals surface area contributed by atoms with Crippen molar-refractivity contribution >= 4 is 11.6 Å². The summed E-state index contributed by atoms with van der Waals surface area (Å²) in [6.07, 6.45) is 3.86. The molecule has 2 bridgehead atoms. The molecule has 0 spiro atoms. The van der Waals surface area contributed by atoms with Crippen molar-refractivity contribution in [3.8, 4) is 11.8 Å². The van der Waals surface area contributed by atoms with Crippen LogP contribution in [0.4, 0.5) is 0 Å². The Morgan fingerprint density at radius 2 is 2.37 bits per heavy atom. The molecular formula is C15H16ClNO2. The van der Waals surface area contributed by atoms with Gasteiger partial charge in [0.2, 0.25) is 0 Å². The van der Waals surface area contributed by atoms with Crippen LogP contribution in [0.2, 0.25) is 5.02 Å². The van der Waals surface area contributed by atoms with Gasteiger partial charge >= 0.3 is 0 Å². The van der Waals surface area contributed by atoms with Gasteiger partial charge in [-0.15, -0.1) is 0 Å². The molecule has 0 saturated carbocycles. The van der Waals surface area contributed by atoms with Gasteiger partial charge in [-0.1, -0.05) is 11.6 Å². The molecule has 3 unspecified atom stereocenters. The molecule has 2 fully saturated rings. The summed E-state index contributed by atoms with van der Waals surface area (Å²) in [5.41, 5.74) is 0.577. The predicted octanol–water partition coefficient (Wildman–Crippen LogP) is 3.35. The lowest BCUT2D eigenvalue weighted by molar-refractivity contribution is 0.0786. The first-order valence-electron chi connectivity index (χ1n) is 6.56. The van der Waals surface area contributed by atoms with Crippen LogP contribution in [0.5, 0.6) is 5.75 Å². The Morgan fingerprint density at radius 1 is 1.53 bits per heavy atom. The summed E-state index contributed by atoms with van der Waals surface area (Å²) < 4.78 is 11.2. The molecule has 3 nitrogen and oxygen atoms in total. The molecule has 2 saturated heterocycles. The number of halogens is 1. The molecule has 2 heterocycles. The maximum absolute atomic E-state index is 9.63. The van der Waals surface area contributed by atoms with E-state index in [4.69, 9.17) is 21.1 Å². The minimum absolute atomic E-state index is 0.0613. The van der Waals surface area contributed by atoms with Crippen molar-refractivity contribution in [1.29, 1.82) is 5.26 Å². The Hall–Kier alpha value is -1.24. The van der Waals surface area contributed by atoms with Crippen LogP contribution < -0.4 is 4.74 Å². The second-order valence-electron chi connectivity index (χ2n) is 5.43. The third-order valence-corrected chi connectivity index (χ3v) is 4.52. The second-order valence-corrected chi connectivity index (χ2v) is 5.87. The van der Waals surface area contributed by atoms with E-state index in [1.54, 1.807) is 13.2 Å². The van der Waals surface area contributed by atoms with Crippen molar-refractivity contribution in [2.45, 2.75) is 37.9 Å². The second kappa shape index (κ2) is 4.70. The van der Waals surface area contributed by atoms with Crippen molar-refractivity contribution in [2.75, 3.05) is 7.11 Å². The van der Waals surface area contributed by atoms with Gasteiger partial charge in [-0.05, 0) is 49.4 Å². The molecule has 0 amide bonds. The first-order chi connectivity index (χ1) is 9.16. The van der Waals surface area contributed by atoms with E-state index in [2.05, 4.69) is 6.07 Å². The zero-order valence-electron chi connectivity index (χ0n) is 10.9. The van der Waals surface area contributed by atoms with Crippen molar-refractivity contribution in [2.24, 2.45) is 5.41 Å². The van der Waals surface area contributed by atoms with Gasteiger partial charge in [0.15, 0.2) is 0 Å². The lowest BCUT2D eigenvalue weighted by Gasteiger charge is -2.28. The monoisotopic (exact) mass is 277 g/mol. The molecule has 2 aliphatic rings. The minimum Gasteiger partial charge on any atom is -0.496 e. The van der Waals surface area contributed by atoms with E-state index >= 15 is 0 Å². The van der Waals surface area contributed by atoms with Gasteiger partial charge in [0.05, 0.1) is 30.8 Å². The smallest absolute Gasteiger partial charge is 0.122 e. The predicted molar refractivity (Wildman–Crippen MR) is 72.3 cm³/mol. The molecule has 19 heavy (non-hydrogen) atoms. The fourth-order valence-electron chi connectivity index (χ4n) is 3.37. The fourth-order valence-corrected chi connectivity index (χ4v) is 3.56. The van der Waals surface area contributed by atoms with Crippen molar-refractivity contribution in [3.05, 3.63) is 28.8 Å². The first kappa shape index (κ1) is 12.8. The number of rotatable bonds is 3. The third kappa shape index (κ3) is 2.09. The standard InChI is InChI=1S/C15H16ClNO2/c1-18-13-4-2-11(16)6-10(13)7-15(9-17)8-12-3-5-14(15)19-12/h2,4,6,12,14H,3,5,7-8H2,1H3. The summed E-state index contributed by atoms with van der Waals surface area (Å²) in [5, 5.41) is 10.3. The number of hydrogen-bond donors (Lipinski definition) is 0. The Labute approximate surface area is 118 Å². The lowest BCUT2D eigenvalue weighted by Crippen LogP contribution is -2.33. The molecule has 100 valence electrons. The molecule has 2 aliphatic heterocycles. The van der Waals surface area contributed by atoms with E-state index in [0.717, 1.165) is 30.6 Å². The molecule has 0 aliphatic carbocycles. The van der Waals surface area contributed by atoms with Crippen LogP contribution in [-0.4, -0.2) is 19.3 Å². The highest BCUT2D eigenvalue weighted by Crippen LogP contribution is 2.50. The van der Waals surface area contributed by atoms with Crippen LogP contribution in [0.3, 0.4) is 0 Å². The summed E-state index contributed by atoms with van der Waals surface area (Å²) in [6.45, 7) is 0. The number of benzene rings is 1. The van der Waals surface area contributed by atoms with Gasteiger partial charge in [0.25, 0.3) is 0 Å². The molecule has 3 atom stereocenters. The Kier molecular flexibility index (Phi) is 3.16. The Balaban J connectivity index is 1.92. The molecule has 1 aromatic rings. The summed E-state index contributed by atoms with van der Waals surface area (Å²) in [6, 6.07) is 8.06. The molecule has 4 heteroatoms. The zero-order chi connectivity index (χ0) is 13.5. The normalized spacial score (nSPS) is 32.3. The quantitative estimate of drug-likeness (QED) is 0.851.